The van der Waals surface area contributed by atoms with Crippen LogP contribution in [0.15, 0.2) is 29.6 Å². The van der Waals surface area contributed by atoms with Gasteiger partial charge < -0.3 is 5.32 Å². The van der Waals surface area contributed by atoms with Crippen LogP contribution in [0.1, 0.15) is 24.5 Å². The first-order valence-corrected chi connectivity index (χ1v) is 7.51. The van der Waals surface area contributed by atoms with E-state index in [9.17, 15) is 0 Å². The molecule has 3 rings (SSSR count). The highest BCUT2D eigenvalue weighted by molar-refractivity contribution is 7.13. The zero-order valence-corrected chi connectivity index (χ0v) is 11.6. The smallest absolute Gasteiger partial charge is 0.123 e. The second-order valence-electron chi connectivity index (χ2n) is 4.61. The minimum atomic E-state index is 0.621. The average Bonchev–Trinajstić information content (AvgIpc) is 2.89. The molecule has 1 saturated heterocycles. The van der Waals surface area contributed by atoms with Crippen molar-refractivity contribution in [1.82, 2.24) is 10.3 Å². The predicted octanol–water partition coefficient (Wildman–Crippen LogP) is 3.93. The number of piperidine rings is 1. The standard InChI is InChI=1S/C14H15ClN2S/c15-12-3-1-2-11(8-12)14-17-13(9-18-14)10-4-6-16-7-5-10/h1-3,8-10,16H,4-7H2. The molecular weight excluding hydrogens is 264 g/mol. The van der Waals surface area contributed by atoms with E-state index >= 15 is 0 Å². The Morgan fingerprint density at radius 1 is 1.28 bits per heavy atom. The normalized spacial score (nSPS) is 16.9. The third-order valence-corrected chi connectivity index (χ3v) is 4.50. The van der Waals surface area contributed by atoms with Crippen LogP contribution in [-0.2, 0) is 0 Å². The number of nitrogens with one attached hydrogen (secondary N) is 1. The molecule has 2 heterocycles. The molecule has 1 aliphatic heterocycles. The summed E-state index contributed by atoms with van der Waals surface area (Å²) < 4.78 is 0. The Morgan fingerprint density at radius 2 is 2.11 bits per heavy atom. The Labute approximate surface area is 116 Å². The van der Waals surface area contributed by atoms with Gasteiger partial charge in [-0.15, -0.1) is 11.3 Å². The second kappa shape index (κ2) is 5.39. The maximum absolute atomic E-state index is 6.02. The minimum absolute atomic E-state index is 0.621. The lowest BCUT2D eigenvalue weighted by atomic mass is 9.95. The molecular formula is C14H15ClN2S. The largest absolute Gasteiger partial charge is 0.317 e. The summed E-state index contributed by atoms with van der Waals surface area (Å²) in [5.74, 6) is 0.621. The van der Waals surface area contributed by atoms with E-state index in [1.54, 1.807) is 11.3 Å². The van der Waals surface area contributed by atoms with E-state index in [4.69, 9.17) is 16.6 Å². The lowest BCUT2D eigenvalue weighted by Crippen LogP contribution is -2.26. The quantitative estimate of drug-likeness (QED) is 0.900. The van der Waals surface area contributed by atoms with Crippen molar-refractivity contribution in [3.05, 3.63) is 40.4 Å². The summed E-state index contributed by atoms with van der Waals surface area (Å²) in [6.45, 7) is 2.21. The number of nitrogens with zero attached hydrogens (tertiary/aromatic N) is 1. The molecule has 2 nitrogen and oxygen atoms in total. The van der Waals surface area contributed by atoms with Crippen molar-refractivity contribution in [2.75, 3.05) is 13.1 Å². The predicted molar refractivity (Wildman–Crippen MR) is 77.4 cm³/mol. The molecule has 0 bridgehead atoms. The van der Waals surface area contributed by atoms with E-state index in [1.807, 2.05) is 18.2 Å². The molecule has 4 heteroatoms. The summed E-state index contributed by atoms with van der Waals surface area (Å²) >= 11 is 7.73. The molecule has 2 aromatic rings. The van der Waals surface area contributed by atoms with Crippen molar-refractivity contribution >= 4 is 22.9 Å². The molecule has 0 amide bonds. The van der Waals surface area contributed by atoms with Crippen LogP contribution >= 0.6 is 22.9 Å². The van der Waals surface area contributed by atoms with Gasteiger partial charge in [0.25, 0.3) is 0 Å². The van der Waals surface area contributed by atoms with E-state index in [0.717, 1.165) is 28.7 Å². The fourth-order valence-corrected chi connectivity index (χ4v) is 3.43. The van der Waals surface area contributed by atoms with Gasteiger partial charge in [0.1, 0.15) is 5.01 Å². The molecule has 1 aliphatic rings. The third-order valence-electron chi connectivity index (χ3n) is 3.35. The average molecular weight is 279 g/mol. The highest BCUT2D eigenvalue weighted by Gasteiger charge is 2.18. The van der Waals surface area contributed by atoms with Crippen LogP contribution in [0.2, 0.25) is 5.02 Å². The molecule has 1 aromatic carbocycles. The Kier molecular flexibility index (Phi) is 3.64. The van der Waals surface area contributed by atoms with E-state index in [2.05, 4.69) is 16.8 Å². The molecule has 0 radical (unpaired) electrons. The Hall–Kier alpha value is -0.900. The van der Waals surface area contributed by atoms with Crippen LogP contribution in [0.5, 0.6) is 0 Å². The Morgan fingerprint density at radius 3 is 2.89 bits per heavy atom. The lowest BCUT2D eigenvalue weighted by molar-refractivity contribution is 0.455. The molecule has 18 heavy (non-hydrogen) atoms. The van der Waals surface area contributed by atoms with Crippen LogP contribution in [0.3, 0.4) is 0 Å². The second-order valence-corrected chi connectivity index (χ2v) is 5.91. The minimum Gasteiger partial charge on any atom is -0.317 e. The third kappa shape index (κ3) is 2.58. The van der Waals surface area contributed by atoms with E-state index in [0.29, 0.717) is 5.92 Å². The fraction of sp³-hybridized carbons (Fsp3) is 0.357. The molecule has 1 aromatic heterocycles. The number of aromatic nitrogens is 1. The van der Waals surface area contributed by atoms with Gasteiger partial charge in [-0.05, 0) is 38.1 Å². The van der Waals surface area contributed by atoms with E-state index < -0.39 is 0 Å². The number of hydrogen-bond acceptors (Lipinski definition) is 3. The summed E-state index contributed by atoms with van der Waals surface area (Å²) in [6.07, 6.45) is 2.39. The lowest BCUT2D eigenvalue weighted by Gasteiger charge is -2.20. The van der Waals surface area contributed by atoms with Crippen molar-refractivity contribution in [3.8, 4) is 10.6 Å². The molecule has 0 aliphatic carbocycles. The van der Waals surface area contributed by atoms with Crippen LogP contribution < -0.4 is 5.32 Å². The van der Waals surface area contributed by atoms with Gasteiger partial charge in [-0.1, -0.05) is 23.7 Å². The van der Waals surface area contributed by atoms with E-state index in [1.165, 1.54) is 18.5 Å². The molecule has 1 fully saturated rings. The summed E-state index contributed by atoms with van der Waals surface area (Å²) in [7, 11) is 0. The van der Waals surface area contributed by atoms with Crippen molar-refractivity contribution in [1.29, 1.82) is 0 Å². The Bertz CT molecular complexity index is 532. The first-order valence-electron chi connectivity index (χ1n) is 6.25. The highest BCUT2D eigenvalue weighted by atomic mass is 35.5. The fourth-order valence-electron chi connectivity index (χ4n) is 2.35. The van der Waals surface area contributed by atoms with Crippen molar-refractivity contribution in [2.45, 2.75) is 18.8 Å². The maximum atomic E-state index is 6.02. The first kappa shape index (κ1) is 12.2. The highest BCUT2D eigenvalue weighted by Crippen LogP contribution is 2.31. The molecule has 0 unspecified atom stereocenters. The van der Waals surface area contributed by atoms with Gasteiger partial charge in [0, 0.05) is 21.9 Å². The number of rotatable bonds is 2. The number of halogens is 1. The van der Waals surface area contributed by atoms with Crippen LogP contribution in [0.25, 0.3) is 10.6 Å². The molecule has 94 valence electrons. The molecule has 0 saturated carbocycles. The van der Waals surface area contributed by atoms with Gasteiger partial charge in [0.2, 0.25) is 0 Å². The first-order chi connectivity index (χ1) is 8.83. The Balaban J connectivity index is 1.84. The van der Waals surface area contributed by atoms with Gasteiger partial charge in [-0.2, -0.15) is 0 Å². The zero-order valence-electron chi connectivity index (χ0n) is 10.0. The maximum Gasteiger partial charge on any atom is 0.123 e. The van der Waals surface area contributed by atoms with Gasteiger partial charge in [-0.25, -0.2) is 4.98 Å². The SMILES string of the molecule is Clc1cccc(-c2nc(C3CCNCC3)cs2)c1. The summed E-state index contributed by atoms with van der Waals surface area (Å²) in [5.41, 5.74) is 2.36. The van der Waals surface area contributed by atoms with Gasteiger partial charge in [0.15, 0.2) is 0 Å². The number of hydrogen-bond donors (Lipinski definition) is 1. The molecule has 1 N–H and O–H groups in total. The van der Waals surface area contributed by atoms with Crippen LogP contribution in [0, 0.1) is 0 Å². The topological polar surface area (TPSA) is 24.9 Å². The summed E-state index contributed by atoms with van der Waals surface area (Å²) in [4.78, 5) is 4.78. The van der Waals surface area contributed by atoms with Crippen LogP contribution in [-0.4, -0.2) is 18.1 Å². The summed E-state index contributed by atoms with van der Waals surface area (Å²) in [5, 5.41) is 7.43. The van der Waals surface area contributed by atoms with E-state index in [-0.39, 0.29) is 0 Å². The van der Waals surface area contributed by atoms with Crippen molar-refractivity contribution in [3.63, 3.8) is 0 Å². The molecule has 0 atom stereocenters. The van der Waals surface area contributed by atoms with Gasteiger partial charge in [-0.3, -0.25) is 0 Å². The monoisotopic (exact) mass is 278 g/mol. The molecule has 0 spiro atoms. The van der Waals surface area contributed by atoms with Gasteiger partial charge >= 0.3 is 0 Å². The number of benzene rings is 1. The van der Waals surface area contributed by atoms with Gasteiger partial charge in [0.05, 0.1) is 5.69 Å². The summed E-state index contributed by atoms with van der Waals surface area (Å²) in [6, 6.07) is 7.92. The van der Waals surface area contributed by atoms with Crippen molar-refractivity contribution in [2.24, 2.45) is 0 Å². The van der Waals surface area contributed by atoms with Crippen molar-refractivity contribution < 1.29 is 0 Å². The number of thiazole rings is 1. The zero-order chi connectivity index (χ0) is 12.4. The van der Waals surface area contributed by atoms with Crippen LogP contribution in [0.4, 0.5) is 0 Å².